The molecule has 61 heavy (non-hydrogen) atoms. The number of allylic oxidation sites excluding steroid dienone is 1. The number of unbranched alkanes of at least 4 members (excludes halogenated alkanes) is 2. The van der Waals surface area contributed by atoms with Gasteiger partial charge in [0.25, 0.3) is 0 Å². The van der Waals surface area contributed by atoms with Crippen LogP contribution in [0.25, 0.3) is 0 Å². The topological polar surface area (TPSA) is 110 Å². The highest BCUT2D eigenvalue weighted by Gasteiger charge is 2.66. The molecule has 3 aromatic carbocycles. The van der Waals surface area contributed by atoms with Gasteiger partial charge in [0.2, 0.25) is 11.7 Å². The van der Waals surface area contributed by atoms with Crippen molar-refractivity contribution in [2.75, 3.05) is 32.2 Å². The maximum atomic E-state index is 14.8. The fourth-order valence-electron chi connectivity index (χ4n) is 9.46. The van der Waals surface area contributed by atoms with Gasteiger partial charge >= 0.3 is 0 Å². The normalized spacial score (nSPS) is 24.9. The predicted octanol–water partition coefficient (Wildman–Crippen LogP) is 9.87. The zero-order valence-corrected chi connectivity index (χ0v) is 36.8. The van der Waals surface area contributed by atoms with Gasteiger partial charge in [-0.05, 0) is 125 Å². The molecular weight excluding hydrogens is 792 g/mol. The fraction of sp³-hybridized carbons (Fsp3) is 0.520. The quantitative estimate of drug-likeness (QED) is 0.0472. The molecule has 2 fully saturated rings. The summed E-state index contributed by atoms with van der Waals surface area (Å²) in [5.74, 6) is -0.0232. The van der Waals surface area contributed by atoms with Gasteiger partial charge in [0.15, 0.2) is 0 Å². The number of halogens is 1. The molecule has 1 heterocycles. The van der Waals surface area contributed by atoms with E-state index in [1.54, 1.807) is 30.0 Å². The Kier molecular flexibility index (Phi) is 15.0. The molecule has 3 aliphatic carbocycles. The molecule has 0 radical (unpaired) electrons. The van der Waals surface area contributed by atoms with E-state index in [2.05, 4.69) is 30.9 Å². The molecule has 0 aromatic heterocycles. The van der Waals surface area contributed by atoms with Gasteiger partial charge in [-0.2, -0.15) is 0 Å². The van der Waals surface area contributed by atoms with Gasteiger partial charge in [-0.15, -0.1) is 18.3 Å². The summed E-state index contributed by atoms with van der Waals surface area (Å²) >= 11 is 1.75. The molecule has 3 aromatic rings. The lowest BCUT2D eigenvalue weighted by Gasteiger charge is -2.60. The molecule has 6 atom stereocenters. The van der Waals surface area contributed by atoms with E-state index in [-0.39, 0.29) is 61.8 Å². The van der Waals surface area contributed by atoms with E-state index in [1.165, 1.54) is 17.0 Å². The van der Waals surface area contributed by atoms with Crippen LogP contribution in [0, 0.1) is 29.5 Å². The number of ether oxygens (including phenoxy) is 3. The Balaban J connectivity index is 1.39. The molecule has 1 amide bonds. The summed E-state index contributed by atoms with van der Waals surface area (Å²) in [6.45, 7) is 11.1. The second-order valence-corrected chi connectivity index (χ2v) is 19.0. The maximum absolute atomic E-state index is 14.8. The summed E-state index contributed by atoms with van der Waals surface area (Å²) in [5, 5.41) is 24.8. The lowest BCUT2D eigenvalue weighted by Crippen LogP contribution is -2.70. The van der Waals surface area contributed by atoms with Crippen LogP contribution in [0.5, 0.6) is 11.5 Å². The highest BCUT2D eigenvalue weighted by atomic mass is 32.2. The van der Waals surface area contributed by atoms with E-state index < -0.39 is 23.3 Å². The molecule has 0 unspecified atom stereocenters. The molecule has 0 spiro atoms. The average Bonchev–Trinajstić information content (AvgIpc) is 4.11. The Morgan fingerprint density at radius 3 is 2.44 bits per heavy atom. The Morgan fingerprint density at radius 1 is 1.02 bits per heavy atom. The smallest absolute Gasteiger partial charge is 0.239 e. The Labute approximate surface area is 365 Å². The van der Waals surface area contributed by atoms with Gasteiger partial charge in [-0.1, -0.05) is 60.5 Å². The molecule has 2 N–H and O–H groups in total. The van der Waals surface area contributed by atoms with Crippen molar-refractivity contribution in [1.29, 1.82) is 0 Å². The van der Waals surface area contributed by atoms with Crippen molar-refractivity contribution in [3.63, 3.8) is 0 Å². The second kappa shape index (κ2) is 20.4. The van der Waals surface area contributed by atoms with Crippen molar-refractivity contribution in [3.05, 3.63) is 114 Å². The van der Waals surface area contributed by atoms with E-state index in [4.69, 9.17) is 24.2 Å². The number of amides is 1. The summed E-state index contributed by atoms with van der Waals surface area (Å²) in [5.41, 5.74) is 2.96. The number of nitrogens with zero attached hydrogens (tertiary/aromatic N) is 2. The highest BCUT2D eigenvalue weighted by molar-refractivity contribution is 7.99. The van der Waals surface area contributed by atoms with E-state index >= 15 is 0 Å². The number of aliphatic hydroxyl groups is 2. The number of hydrogen-bond donors (Lipinski definition) is 2. The predicted molar refractivity (Wildman–Crippen MR) is 238 cm³/mol. The Hall–Kier alpha value is -4.16. The zero-order valence-electron chi connectivity index (χ0n) is 36.0. The number of thioether (sulfide) groups is 1. The number of hydrogen-bond acceptors (Lipinski definition) is 9. The number of benzene rings is 3. The molecule has 0 bridgehead atoms. The number of fused-ring (bicyclic) bond motifs is 2. The molecule has 4 aliphatic rings. The van der Waals surface area contributed by atoms with Crippen LogP contribution in [0.1, 0.15) is 95.6 Å². The Morgan fingerprint density at radius 2 is 1.75 bits per heavy atom. The first kappa shape index (κ1) is 44.9. The molecule has 1 aliphatic heterocycles. The van der Waals surface area contributed by atoms with Crippen LogP contribution in [-0.2, 0) is 20.9 Å². The lowest BCUT2D eigenvalue weighted by molar-refractivity contribution is -0.258. The van der Waals surface area contributed by atoms with Gasteiger partial charge in [0.05, 0.1) is 24.8 Å². The second-order valence-electron chi connectivity index (χ2n) is 17.9. The fourth-order valence-corrected chi connectivity index (χ4v) is 10.2. The zero-order chi connectivity index (χ0) is 43.0. The van der Waals surface area contributed by atoms with Gasteiger partial charge in [-0.3, -0.25) is 4.79 Å². The van der Waals surface area contributed by atoms with Crippen molar-refractivity contribution in [2.45, 2.75) is 113 Å². The van der Waals surface area contributed by atoms with Crippen molar-refractivity contribution >= 4 is 23.4 Å². The average molecular weight is 855 g/mol. The van der Waals surface area contributed by atoms with Crippen molar-refractivity contribution in [2.24, 2.45) is 28.8 Å². The molecule has 0 saturated heterocycles. The van der Waals surface area contributed by atoms with Crippen LogP contribution >= 0.6 is 11.8 Å². The first-order valence-electron chi connectivity index (χ1n) is 22.2. The number of carbonyl (C=O) groups is 1. The third kappa shape index (κ3) is 10.7. The molecule has 2 saturated carbocycles. The largest absolute Gasteiger partial charge is 0.493 e. The van der Waals surface area contributed by atoms with Crippen LogP contribution in [0.3, 0.4) is 0 Å². The van der Waals surface area contributed by atoms with E-state index in [0.717, 1.165) is 72.4 Å². The van der Waals surface area contributed by atoms with E-state index in [0.29, 0.717) is 31.6 Å². The first-order chi connectivity index (χ1) is 29.5. The summed E-state index contributed by atoms with van der Waals surface area (Å²) in [6, 6.07) is 22.1. The highest BCUT2D eigenvalue weighted by Crippen LogP contribution is 2.62. The number of carbonyl (C=O) groups excluding carboxylic acids is 1. The van der Waals surface area contributed by atoms with Gasteiger partial charge in [0.1, 0.15) is 29.0 Å². The van der Waals surface area contributed by atoms with E-state index in [1.807, 2.05) is 56.0 Å². The molecular formula is C50H63FN2O7S. The summed E-state index contributed by atoms with van der Waals surface area (Å²) in [6.07, 6.45) is 10.7. The van der Waals surface area contributed by atoms with Crippen LogP contribution in [0.4, 0.5) is 4.39 Å². The monoisotopic (exact) mass is 854 g/mol. The molecule has 7 rings (SSSR count). The van der Waals surface area contributed by atoms with Gasteiger partial charge in [0, 0.05) is 54.2 Å². The van der Waals surface area contributed by atoms with Crippen LogP contribution in [0.2, 0.25) is 0 Å². The lowest BCUT2D eigenvalue weighted by atomic mass is 9.55. The SMILES string of the molecule is C=CCO[C@@]12Oc3ccc(OCCSc4ccccc4)cc3[C@H]3[C@H](CCCCO)[C@@H](CCCCO)C=C(C(=NOC(C)(C)C)C[C@@H]1N(Cc1ccc(F)cc1)C(=O)C1CC1)[C@H]32. The van der Waals surface area contributed by atoms with Crippen molar-refractivity contribution in [1.82, 2.24) is 4.90 Å². The Bertz CT molecular complexity index is 2000. The summed E-state index contributed by atoms with van der Waals surface area (Å²) < 4.78 is 35.3. The van der Waals surface area contributed by atoms with Crippen LogP contribution in [-0.4, -0.2) is 76.3 Å². The number of rotatable bonds is 21. The molecule has 328 valence electrons. The van der Waals surface area contributed by atoms with Crippen molar-refractivity contribution in [3.8, 4) is 11.5 Å². The first-order valence-corrected chi connectivity index (χ1v) is 23.2. The van der Waals surface area contributed by atoms with Crippen LogP contribution in [0.15, 0.2) is 107 Å². The van der Waals surface area contributed by atoms with E-state index in [9.17, 15) is 19.4 Å². The summed E-state index contributed by atoms with van der Waals surface area (Å²) in [7, 11) is 0. The third-order valence-corrected chi connectivity index (χ3v) is 13.3. The third-order valence-electron chi connectivity index (χ3n) is 12.3. The van der Waals surface area contributed by atoms with Crippen LogP contribution < -0.4 is 9.47 Å². The minimum Gasteiger partial charge on any atom is -0.493 e. The summed E-state index contributed by atoms with van der Waals surface area (Å²) in [4.78, 5) is 24.1. The van der Waals surface area contributed by atoms with Gasteiger partial charge in [-0.25, -0.2) is 4.39 Å². The minimum absolute atomic E-state index is 0.0136. The number of oxime groups is 1. The number of aliphatic hydroxyl groups excluding tert-OH is 2. The molecule has 9 nitrogen and oxygen atoms in total. The maximum Gasteiger partial charge on any atom is 0.239 e. The standard InChI is InChI=1S/C50H63FN2O7S/c1-5-27-58-50-45(53(48(56)35-19-20-35)33-34-17-21-37(51)22-18-34)32-43(52-60-49(2,3)4)41-30-36(13-9-11-25-54)40(16-10-12-26-55)46(47(41)50)42-31-38(23-24-44(42)59-50)57-28-29-61-39-14-7-6-8-15-39/h5-8,14-15,17-18,21-24,30-31,35-36,40,45-47,54-55H,1,9-13,16,19-20,25-29,32-33H2,2-4H3/t36-,40+,45-,46+,47+,50+/m0/s1. The molecule has 11 heteroatoms. The van der Waals surface area contributed by atoms with Gasteiger partial charge < -0.3 is 34.2 Å². The van der Waals surface area contributed by atoms with Crippen molar-refractivity contribution < 1.29 is 38.4 Å². The minimum atomic E-state index is -1.37.